The van der Waals surface area contributed by atoms with Crippen molar-refractivity contribution < 1.29 is 19.4 Å². The van der Waals surface area contributed by atoms with Gasteiger partial charge in [0.05, 0.1) is 19.1 Å². The maximum atomic E-state index is 11.0. The topological polar surface area (TPSA) is 55.8 Å². The van der Waals surface area contributed by atoms with Crippen LogP contribution in [-0.2, 0) is 20.9 Å². The molecule has 4 heteroatoms. The largest absolute Gasteiger partial charge is 0.481 e. The van der Waals surface area contributed by atoms with Crippen LogP contribution in [0.4, 0.5) is 0 Å². The smallest absolute Gasteiger partial charge is 0.305 e. The van der Waals surface area contributed by atoms with Gasteiger partial charge in [-0.15, -0.1) is 0 Å². The van der Waals surface area contributed by atoms with E-state index in [0.717, 1.165) is 24.8 Å². The second-order valence-electron chi connectivity index (χ2n) is 6.96. The van der Waals surface area contributed by atoms with Crippen molar-refractivity contribution in [1.29, 1.82) is 0 Å². The predicted molar refractivity (Wildman–Crippen MR) is 105 cm³/mol. The highest BCUT2D eigenvalue weighted by Gasteiger charge is 2.13. The molecule has 0 aromatic heterocycles. The van der Waals surface area contributed by atoms with Crippen LogP contribution in [0.25, 0.3) is 0 Å². The van der Waals surface area contributed by atoms with Gasteiger partial charge in [0.1, 0.15) is 6.79 Å². The second-order valence-corrected chi connectivity index (χ2v) is 6.96. The minimum atomic E-state index is -0.811. The molecule has 1 aromatic carbocycles. The van der Waals surface area contributed by atoms with E-state index in [1.807, 2.05) is 30.3 Å². The number of unbranched alkanes of at least 4 members (excludes halogenated alkanes) is 8. The van der Waals surface area contributed by atoms with Crippen molar-refractivity contribution in [2.45, 2.75) is 90.3 Å². The van der Waals surface area contributed by atoms with Gasteiger partial charge >= 0.3 is 5.97 Å². The van der Waals surface area contributed by atoms with Gasteiger partial charge < -0.3 is 14.6 Å². The number of hydrogen-bond donors (Lipinski definition) is 1. The summed E-state index contributed by atoms with van der Waals surface area (Å²) in [5.41, 5.74) is 1.09. The summed E-state index contributed by atoms with van der Waals surface area (Å²) in [4.78, 5) is 11.0. The summed E-state index contributed by atoms with van der Waals surface area (Å²) in [6.45, 7) is 2.87. The first-order valence-electron chi connectivity index (χ1n) is 10.2. The summed E-state index contributed by atoms with van der Waals surface area (Å²) in [6, 6.07) is 9.90. The third-order valence-electron chi connectivity index (χ3n) is 4.53. The molecule has 0 radical (unpaired) electrons. The van der Waals surface area contributed by atoms with Crippen molar-refractivity contribution in [2.24, 2.45) is 0 Å². The van der Waals surface area contributed by atoms with Crippen molar-refractivity contribution in [2.75, 3.05) is 6.79 Å². The molecule has 0 spiro atoms. The van der Waals surface area contributed by atoms with Gasteiger partial charge in [-0.3, -0.25) is 4.79 Å². The molecule has 1 aromatic rings. The van der Waals surface area contributed by atoms with Crippen LogP contribution < -0.4 is 0 Å². The zero-order valence-electron chi connectivity index (χ0n) is 16.3. The number of ether oxygens (including phenoxy) is 2. The Balaban J connectivity index is 2.08. The van der Waals surface area contributed by atoms with E-state index in [0.29, 0.717) is 6.61 Å². The summed E-state index contributed by atoms with van der Waals surface area (Å²) in [5, 5.41) is 9.04. The van der Waals surface area contributed by atoms with Crippen LogP contribution in [0.2, 0.25) is 0 Å². The van der Waals surface area contributed by atoms with Crippen molar-refractivity contribution in [1.82, 2.24) is 0 Å². The van der Waals surface area contributed by atoms with Gasteiger partial charge in [0.2, 0.25) is 0 Å². The Labute approximate surface area is 158 Å². The third kappa shape index (κ3) is 12.9. The second kappa shape index (κ2) is 15.8. The maximum Gasteiger partial charge on any atom is 0.305 e. The molecule has 1 N–H and O–H groups in total. The van der Waals surface area contributed by atoms with Gasteiger partial charge in [0.25, 0.3) is 0 Å². The normalized spacial score (nSPS) is 12.2. The van der Waals surface area contributed by atoms with Crippen LogP contribution in [0.5, 0.6) is 0 Å². The molecule has 0 saturated heterocycles. The average Bonchev–Trinajstić information content (AvgIpc) is 2.64. The van der Waals surface area contributed by atoms with Gasteiger partial charge in [-0.05, 0) is 12.0 Å². The van der Waals surface area contributed by atoms with E-state index in [-0.39, 0.29) is 19.3 Å². The highest BCUT2D eigenvalue weighted by molar-refractivity contribution is 5.67. The van der Waals surface area contributed by atoms with Gasteiger partial charge in [-0.1, -0.05) is 95.0 Å². The van der Waals surface area contributed by atoms with E-state index in [1.165, 1.54) is 44.9 Å². The number of carbonyl (C=O) groups is 1. The first kappa shape index (κ1) is 22.7. The highest BCUT2D eigenvalue weighted by atomic mass is 16.7. The summed E-state index contributed by atoms with van der Waals surface area (Å²) < 4.78 is 11.2. The van der Waals surface area contributed by atoms with E-state index in [9.17, 15) is 4.79 Å². The Morgan fingerprint density at radius 1 is 0.962 bits per heavy atom. The Kier molecular flexibility index (Phi) is 13.8. The molecule has 0 aliphatic heterocycles. The van der Waals surface area contributed by atoms with E-state index in [1.54, 1.807) is 0 Å². The molecule has 148 valence electrons. The molecule has 0 bridgehead atoms. The molecule has 0 fully saturated rings. The van der Waals surface area contributed by atoms with Crippen molar-refractivity contribution >= 4 is 5.97 Å². The van der Waals surface area contributed by atoms with Crippen molar-refractivity contribution in [3.8, 4) is 0 Å². The molecule has 1 rings (SSSR count). The maximum absolute atomic E-state index is 11.0. The lowest BCUT2D eigenvalue weighted by Crippen LogP contribution is -2.19. The minimum Gasteiger partial charge on any atom is -0.481 e. The van der Waals surface area contributed by atoms with E-state index >= 15 is 0 Å². The van der Waals surface area contributed by atoms with Crippen LogP contribution in [0.15, 0.2) is 30.3 Å². The van der Waals surface area contributed by atoms with E-state index in [2.05, 4.69) is 6.92 Å². The SMILES string of the molecule is CCCCCCCCCCC[C@@H](CC(=O)O)OCOCc1ccccc1. The lowest BCUT2D eigenvalue weighted by atomic mass is 10.0. The monoisotopic (exact) mass is 364 g/mol. The van der Waals surface area contributed by atoms with Gasteiger partial charge in [-0.25, -0.2) is 0 Å². The number of benzene rings is 1. The molecule has 0 unspecified atom stereocenters. The average molecular weight is 365 g/mol. The van der Waals surface area contributed by atoms with Gasteiger partial charge in [0.15, 0.2) is 0 Å². The van der Waals surface area contributed by atoms with Crippen molar-refractivity contribution in [3.05, 3.63) is 35.9 Å². The highest BCUT2D eigenvalue weighted by Crippen LogP contribution is 2.14. The summed E-state index contributed by atoms with van der Waals surface area (Å²) in [7, 11) is 0. The first-order chi connectivity index (χ1) is 12.7. The standard InChI is InChI=1S/C22H36O4/c1-2-3-4-5-6-7-8-9-13-16-21(17-22(23)24)26-19-25-18-20-14-11-10-12-15-20/h10-12,14-15,21H,2-9,13,16-19H2,1H3,(H,23,24)/t21-/m0/s1. The van der Waals surface area contributed by atoms with Crippen molar-refractivity contribution in [3.63, 3.8) is 0 Å². The fourth-order valence-corrected chi connectivity index (χ4v) is 3.00. The Hall–Kier alpha value is -1.39. The third-order valence-corrected chi connectivity index (χ3v) is 4.53. The zero-order valence-corrected chi connectivity index (χ0v) is 16.3. The van der Waals surface area contributed by atoms with Crippen LogP contribution in [0.3, 0.4) is 0 Å². The van der Waals surface area contributed by atoms with E-state index in [4.69, 9.17) is 14.6 Å². The Bertz CT molecular complexity index is 447. The molecular weight excluding hydrogens is 328 g/mol. The van der Waals surface area contributed by atoms with Crippen LogP contribution >= 0.6 is 0 Å². The van der Waals surface area contributed by atoms with Crippen LogP contribution in [-0.4, -0.2) is 24.0 Å². The summed E-state index contributed by atoms with van der Waals surface area (Å²) in [6.07, 6.45) is 11.9. The first-order valence-corrected chi connectivity index (χ1v) is 10.2. The molecule has 26 heavy (non-hydrogen) atoms. The molecule has 4 nitrogen and oxygen atoms in total. The lowest BCUT2D eigenvalue weighted by Gasteiger charge is -2.16. The van der Waals surface area contributed by atoms with Gasteiger partial charge in [-0.2, -0.15) is 0 Å². The molecule has 0 aliphatic carbocycles. The van der Waals surface area contributed by atoms with Gasteiger partial charge in [0, 0.05) is 0 Å². The molecule has 0 heterocycles. The Morgan fingerprint density at radius 2 is 1.58 bits per heavy atom. The summed E-state index contributed by atoms with van der Waals surface area (Å²) in [5.74, 6) is -0.811. The number of rotatable bonds is 17. The quantitative estimate of drug-likeness (QED) is 0.274. The fraction of sp³-hybridized carbons (Fsp3) is 0.682. The molecule has 1 atom stereocenters. The predicted octanol–water partition coefficient (Wildman–Crippen LogP) is 5.94. The minimum absolute atomic E-state index is 0.0473. The fourth-order valence-electron chi connectivity index (χ4n) is 3.00. The number of aliphatic carboxylic acids is 1. The molecular formula is C22H36O4. The van der Waals surface area contributed by atoms with E-state index < -0.39 is 5.97 Å². The number of carboxylic acid groups (broad SMARTS) is 1. The lowest BCUT2D eigenvalue weighted by molar-refractivity contribution is -0.145. The summed E-state index contributed by atoms with van der Waals surface area (Å²) >= 11 is 0. The molecule has 0 saturated carbocycles. The number of hydrogen-bond acceptors (Lipinski definition) is 3. The molecule has 0 amide bonds. The van der Waals surface area contributed by atoms with Crippen LogP contribution in [0, 0.1) is 0 Å². The van der Waals surface area contributed by atoms with Crippen LogP contribution in [0.1, 0.15) is 83.1 Å². The number of carboxylic acids is 1. The Morgan fingerprint density at radius 3 is 2.19 bits per heavy atom. The molecule has 0 aliphatic rings. The zero-order chi connectivity index (χ0) is 18.9.